The summed E-state index contributed by atoms with van der Waals surface area (Å²) < 4.78 is 1.71. The Morgan fingerprint density at radius 2 is 2.42 bits per heavy atom. The first-order chi connectivity index (χ1) is 9.34. The van der Waals surface area contributed by atoms with E-state index < -0.39 is 0 Å². The topological polar surface area (TPSA) is 58.4 Å². The lowest BCUT2D eigenvalue weighted by Crippen LogP contribution is -2.29. The second-order valence-electron chi connectivity index (χ2n) is 4.59. The molecule has 0 radical (unpaired) electrons. The molecule has 19 heavy (non-hydrogen) atoms. The van der Waals surface area contributed by atoms with E-state index in [0.29, 0.717) is 12.1 Å². The van der Waals surface area contributed by atoms with E-state index in [4.69, 9.17) is 0 Å². The summed E-state index contributed by atoms with van der Waals surface area (Å²) in [6, 6.07) is 5.69. The molecule has 0 saturated heterocycles. The molecule has 5 heteroatoms. The normalized spacial score (nSPS) is 15.3. The number of carbonyl (C=O) groups excluding carboxylic acids is 1. The molecule has 5 nitrogen and oxygen atoms in total. The van der Waals surface area contributed by atoms with Crippen molar-refractivity contribution in [1.29, 1.82) is 0 Å². The van der Waals surface area contributed by atoms with Crippen LogP contribution in [0.15, 0.2) is 42.2 Å². The van der Waals surface area contributed by atoms with E-state index in [-0.39, 0.29) is 5.91 Å². The first-order valence-electron chi connectivity index (χ1n) is 6.44. The van der Waals surface area contributed by atoms with Gasteiger partial charge in [0.15, 0.2) is 0 Å². The van der Waals surface area contributed by atoms with Crippen LogP contribution in [-0.2, 0) is 0 Å². The zero-order chi connectivity index (χ0) is 13.1. The highest BCUT2D eigenvalue weighted by molar-refractivity contribution is 6.00. The molecule has 2 N–H and O–H groups in total. The SMILES string of the molecule is O=C(NCC1=CCNCC1)c1cnn2ccccc12. The fourth-order valence-electron chi connectivity index (χ4n) is 2.23. The first-order valence-corrected chi connectivity index (χ1v) is 6.44. The van der Waals surface area contributed by atoms with Gasteiger partial charge in [-0.2, -0.15) is 5.10 Å². The summed E-state index contributed by atoms with van der Waals surface area (Å²) in [6.07, 6.45) is 6.58. The smallest absolute Gasteiger partial charge is 0.255 e. The largest absolute Gasteiger partial charge is 0.348 e. The lowest BCUT2D eigenvalue weighted by Gasteiger charge is -2.14. The Bertz CT molecular complexity index is 629. The fraction of sp³-hybridized carbons (Fsp3) is 0.286. The third-order valence-electron chi connectivity index (χ3n) is 3.31. The van der Waals surface area contributed by atoms with Gasteiger partial charge in [-0.3, -0.25) is 4.79 Å². The van der Waals surface area contributed by atoms with Crippen LogP contribution in [0, 0.1) is 0 Å². The van der Waals surface area contributed by atoms with Gasteiger partial charge in [0.2, 0.25) is 0 Å². The third kappa shape index (κ3) is 2.51. The number of pyridine rings is 1. The number of hydrogen-bond acceptors (Lipinski definition) is 3. The molecule has 1 aliphatic heterocycles. The van der Waals surface area contributed by atoms with Gasteiger partial charge in [0.25, 0.3) is 5.91 Å². The number of aromatic nitrogens is 2. The molecule has 0 unspecified atom stereocenters. The van der Waals surface area contributed by atoms with Crippen LogP contribution in [0.3, 0.4) is 0 Å². The van der Waals surface area contributed by atoms with Gasteiger partial charge in [0, 0.05) is 19.3 Å². The summed E-state index contributed by atoms with van der Waals surface area (Å²) in [6.45, 7) is 2.49. The number of rotatable bonds is 3. The molecule has 3 rings (SSSR count). The average Bonchev–Trinajstić information content (AvgIpc) is 2.90. The molecule has 0 saturated carbocycles. The van der Waals surface area contributed by atoms with Gasteiger partial charge in [0.1, 0.15) is 0 Å². The molecule has 0 spiro atoms. The number of fused-ring (bicyclic) bond motifs is 1. The minimum atomic E-state index is -0.0689. The lowest BCUT2D eigenvalue weighted by atomic mass is 10.1. The van der Waals surface area contributed by atoms with Crippen molar-refractivity contribution in [3.63, 3.8) is 0 Å². The van der Waals surface area contributed by atoms with Crippen LogP contribution in [0.5, 0.6) is 0 Å². The monoisotopic (exact) mass is 256 g/mol. The molecule has 0 aromatic carbocycles. The van der Waals surface area contributed by atoms with E-state index in [2.05, 4.69) is 21.8 Å². The Morgan fingerprint density at radius 3 is 3.26 bits per heavy atom. The molecule has 0 fully saturated rings. The van der Waals surface area contributed by atoms with E-state index in [9.17, 15) is 4.79 Å². The summed E-state index contributed by atoms with van der Waals surface area (Å²) in [5.41, 5.74) is 2.73. The van der Waals surface area contributed by atoms with Crippen LogP contribution >= 0.6 is 0 Å². The quantitative estimate of drug-likeness (QED) is 0.805. The van der Waals surface area contributed by atoms with Gasteiger partial charge in [-0.25, -0.2) is 4.52 Å². The number of hydrogen-bond donors (Lipinski definition) is 2. The van der Waals surface area contributed by atoms with Gasteiger partial charge in [0.05, 0.1) is 17.3 Å². The summed E-state index contributed by atoms with van der Waals surface area (Å²) >= 11 is 0. The molecule has 3 heterocycles. The highest BCUT2D eigenvalue weighted by Crippen LogP contribution is 2.10. The highest BCUT2D eigenvalue weighted by Gasteiger charge is 2.12. The fourth-order valence-corrected chi connectivity index (χ4v) is 2.23. The molecule has 1 aliphatic rings. The van der Waals surface area contributed by atoms with Crippen molar-refractivity contribution in [2.24, 2.45) is 0 Å². The summed E-state index contributed by atoms with van der Waals surface area (Å²) in [5, 5.41) is 10.4. The van der Waals surface area contributed by atoms with Gasteiger partial charge in [-0.05, 0) is 25.1 Å². The molecular formula is C14H16N4O. The van der Waals surface area contributed by atoms with Crippen LogP contribution in [0.4, 0.5) is 0 Å². The molecule has 0 bridgehead atoms. The van der Waals surface area contributed by atoms with Crippen LogP contribution < -0.4 is 10.6 Å². The van der Waals surface area contributed by atoms with Gasteiger partial charge in [-0.15, -0.1) is 0 Å². The van der Waals surface area contributed by atoms with E-state index in [0.717, 1.165) is 25.0 Å². The van der Waals surface area contributed by atoms with E-state index in [1.807, 2.05) is 24.4 Å². The van der Waals surface area contributed by atoms with Crippen molar-refractivity contribution in [2.45, 2.75) is 6.42 Å². The maximum absolute atomic E-state index is 12.2. The Morgan fingerprint density at radius 1 is 1.47 bits per heavy atom. The molecule has 0 atom stereocenters. The molecule has 2 aromatic heterocycles. The van der Waals surface area contributed by atoms with Crippen LogP contribution in [0.1, 0.15) is 16.8 Å². The predicted octanol–water partition coefficient (Wildman–Crippen LogP) is 0.984. The standard InChI is InChI=1S/C14H16N4O/c19-14(16-9-11-4-6-15-7-5-11)12-10-17-18-8-2-1-3-13(12)18/h1-4,8,10,15H,5-7,9H2,(H,16,19). The van der Waals surface area contributed by atoms with Crippen molar-refractivity contribution in [3.05, 3.63) is 47.8 Å². The number of amides is 1. The van der Waals surface area contributed by atoms with Gasteiger partial charge >= 0.3 is 0 Å². The molecular weight excluding hydrogens is 240 g/mol. The second kappa shape index (κ2) is 5.24. The number of carbonyl (C=O) groups is 1. The summed E-state index contributed by atoms with van der Waals surface area (Å²) in [4.78, 5) is 12.2. The van der Waals surface area contributed by atoms with Crippen LogP contribution in [0.25, 0.3) is 5.52 Å². The predicted molar refractivity (Wildman–Crippen MR) is 73.1 cm³/mol. The zero-order valence-corrected chi connectivity index (χ0v) is 10.6. The lowest BCUT2D eigenvalue weighted by molar-refractivity contribution is 0.0958. The second-order valence-corrected chi connectivity index (χ2v) is 4.59. The molecule has 98 valence electrons. The van der Waals surface area contributed by atoms with Gasteiger partial charge in [-0.1, -0.05) is 17.7 Å². The number of nitrogens with zero attached hydrogens (tertiary/aromatic N) is 2. The molecule has 0 aliphatic carbocycles. The Balaban J connectivity index is 1.71. The van der Waals surface area contributed by atoms with E-state index in [1.54, 1.807) is 10.7 Å². The Labute approximate surface area is 111 Å². The number of nitrogens with one attached hydrogen (secondary N) is 2. The average molecular weight is 256 g/mol. The van der Waals surface area contributed by atoms with Crippen molar-refractivity contribution in [1.82, 2.24) is 20.2 Å². The van der Waals surface area contributed by atoms with Crippen molar-refractivity contribution < 1.29 is 4.79 Å². The minimum absolute atomic E-state index is 0.0689. The zero-order valence-electron chi connectivity index (χ0n) is 10.6. The highest BCUT2D eigenvalue weighted by atomic mass is 16.1. The van der Waals surface area contributed by atoms with E-state index in [1.165, 1.54) is 5.57 Å². The third-order valence-corrected chi connectivity index (χ3v) is 3.31. The van der Waals surface area contributed by atoms with Crippen molar-refractivity contribution in [3.8, 4) is 0 Å². The maximum atomic E-state index is 12.2. The maximum Gasteiger partial charge on any atom is 0.255 e. The molecule has 2 aromatic rings. The summed E-state index contributed by atoms with van der Waals surface area (Å²) in [7, 11) is 0. The van der Waals surface area contributed by atoms with Crippen molar-refractivity contribution >= 4 is 11.4 Å². The molecule has 1 amide bonds. The minimum Gasteiger partial charge on any atom is -0.348 e. The van der Waals surface area contributed by atoms with Crippen LogP contribution in [-0.4, -0.2) is 35.2 Å². The first kappa shape index (κ1) is 11.9. The van der Waals surface area contributed by atoms with Gasteiger partial charge < -0.3 is 10.6 Å². The summed E-state index contributed by atoms with van der Waals surface area (Å²) in [5.74, 6) is -0.0689. The van der Waals surface area contributed by atoms with E-state index >= 15 is 0 Å². The Kier molecular flexibility index (Phi) is 3.29. The van der Waals surface area contributed by atoms with Crippen LogP contribution in [0.2, 0.25) is 0 Å². The Hall–Kier alpha value is -2.14. The van der Waals surface area contributed by atoms with Crippen molar-refractivity contribution in [2.75, 3.05) is 19.6 Å².